The summed E-state index contributed by atoms with van der Waals surface area (Å²) in [6, 6.07) is 17.7. The first-order valence-corrected chi connectivity index (χ1v) is 7.51. The van der Waals surface area contributed by atoms with Gasteiger partial charge in [-0.25, -0.2) is 0 Å². The van der Waals surface area contributed by atoms with Crippen LogP contribution in [-0.4, -0.2) is 23.3 Å². The van der Waals surface area contributed by atoms with E-state index in [0.29, 0.717) is 17.1 Å². The van der Waals surface area contributed by atoms with Gasteiger partial charge in [-0.3, -0.25) is 9.69 Å². The summed E-state index contributed by atoms with van der Waals surface area (Å²) in [6.07, 6.45) is 0. The lowest BCUT2D eigenvalue weighted by atomic mass is 10.1. The van der Waals surface area contributed by atoms with Crippen LogP contribution in [0, 0.1) is 0 Å². The van der Waals surface area contributed by atoms with Crippen molar-refractivity contribution < 1.29 is 4.79 Å². The molecule has 0 heterocycles. The summed E-state index contributed by atoms with van der Waals surface area (Å²) in [4.78, 5) is 14.6. The van der Waals surface area contributed by atoms with Crippen LogP contribution in [0.5, 0.6) is 0 Å². The molecule has 0 atom stereocenters. The van der Waals surface area contributed by atoms with Gasteiger partial charge < -0.3 is 0 Å². The molecule has 0 unspecified atom stereocenters. The fourth-order valence-corrected chi connectivity index (χ4v) is 2.44. The van der Waals surface area contributed by atoms with Gasteiger partial charge in [-0.2, -0.15) is 0 Å². The second kappa shape index (κ2) is 7.39. The molecule has 0 aliphatic heterocycles. The molecule has 2 aromatic rings. The third kappa shape index (κ3) is 4.42. The van der Waals surface area contributed by atoms with E-state index in [1.165, 1.54) is 5.56 Å². The number of ketones is 1. The second-order valence-electron chi connectivity index (χ2n) is 5.39. The average Bonchev–Trinajstić information content (AvgIpc) is 2.48. The maximum atomic E-state index is 12.4. The normalized spacial score (nSPS) is 11.1. The van der Waals surface area contributed by atoms with Crippen LogP contribution in [0.1, 0.15) is 29.8 Å². The second-order valence-corrected chi connectivity index (χ2v) is 5.79. The molecule has 2 aromatic carbocycles. The molecular formula is C18H20ClNO. The fourth-order valence-electron chi connectivity index (χ4n) is 2.20. The number of hydrogen-bond donors (Lipinski definition) is 0. The maximum absolute atomic E-state index is 12.4. The van der Waals surface area contributed by atoms with Crippen molar-refractivity contribution in [1.82, 2.24) is 4.90 Å². The number of hydrogen-bond acceptors (Lipinski definition) is 2. The molecule has 0 aliphatic carbocycles. The number of Topliss-reactive ketones (excluding diaryl/α,β-unsaturated/α-hetero) is 1. The van der Waals surface area contributed by atoms with Crippen molar-refractivity contribution >= 4 is 17.4 Å². The Labute approximate surface area is 131 Å². The molecule has 0 aromatic heterocycles. The van der Waals surface area contributed by atoms with Gasteiger partial charge in [0, 0.05) is 18.2 Å². The molecule has 0 radical (unpaired) electrons. The molecule has 21 heavy (non-hydrogen) atoms. The average molecular weight is 302 g/mol. The van der Waals surface area contributed by atoms with Crippen molar-refractivity contribution in [3.8, 4) is 0 Å². The first-order chi connectivity index (χ1) is 10.1. The molecule has 0 saturated carbocycles. The van der Waals surface area contributed by atoms with E-state index in [-0.39, 0.29) is 11.8 Å². The van der Waals surface area contributed by atoms with Crippen LogP contribution in [0.15, 0.2) is 54.6 Å². The van der Waals surface area contributed by atoms with Gasteiger partial charge in [0.05, 0.1) is 11.6 Å². The minimum atomic E-state index is 0.0604. The quantitative estimate of drug-likeness (QED) is 0.736. The Kier molecular flexibility index (Phi) is 5.54. The number of carbonyl (C=O) groups excluding carboxylic acids is 1. The topological polar surface area (TPSA) is 20.3 Å². The Morgan fingerprint density at radius 2 is 1.67 bits per heavy atom. The highest BCUT2D eigenvalue weighted by molar-refractivity contribution is 6.34. The molecule has 0 amide bonds. The van der Waals surface area contributed by atoms with Gasteiger partial charge in [0.15, 0.2) is 5.78 Å². The third-order valence-corrected chi connectivity index (χ3v) is 3.81. The molecule has 2 rings (SSSR count). The van der Waals surface area contributed by atoms with Crippen molar-refractivity contribution in [3.05, 3.63) is 70.7 Å². The van der Waals surface area contributed by atoms with E-state index in [1.807, 2.05) is 30.3 Å². The minimum Gasteiger partial charge on any atom is -0.293 e. The van der Waals surface area contributed by atoms with Crippen molar-refractivity contribution in [3.63, 3.8) is 0 Å². The van der Waals surface area contributed by atoms with E-state index in [2.05, 4.69) is 30.9 Å². The third-order valence-electron chi connectivity index (χ3n) is 3.48. The van der Waals surface area contributed by atoms with Crippen LogP contribution in [-0.2, 0) is 6.54 Å². The lowest BCUT2D eigenvalue weighted by Crippen LogP contribution is -2.35. The molecule has 110 valence electrons. The van der Waals surface area contributed by atoms with Crippen LogP contribution >= 0.6 is 11.6 Å². The van der Waals surface area contributed by atoms with Crippen LogP contribution in [0.3, 0.4) is 0 Å². The Morgan fingerprint density at radius 1 is 1.05 bits per heavy atom. The maximum Gasteiger partial charge on any atom is 0.178 e. The van der Waals surface area contributed by atoms with Crippen LogP contribution < -0.4 is 0 Å². The molecule has 0 fully saturated rings. The first-order valence-electron chi connectivity index (χ1n) is 7.13. The largest absolute Gasteiger partial charge is 0.293 e. The van der Waals surface area contributed by atoms with Crippen molar-refractivity contribution in [1.29, 1.82) is 0 Å². The Morgan fingerprint density at radius 3 is 2.29 bits per heavy atom. The summed E-state index contributed by atoms with van der Waals surface area (Å²) in [6.45, 7) is 5.33. The van der Waals surface area contributed by atoms with Crippen LogP contribution in [0.25, 0.3) is 0 Å². The summed E-state index contributed by atoms with van der Waals surface area (Å²) in [5.41, 5.74) is 1.80. The summed E-state index contributed by atoms with van der Waals surface area (Å²) < 4.78 is 0. The monoisotopic (exact) mass is 301 g/mol. The standard InChI is InChI=1S/C18H20ClNO/c1-14(2)20(12-15-8-4-3-5-9-15)13-18(21)16-10-6-7-11-17(16)19/h3-11,14H,12-13H2,1-2H3. The summed E-state index contributed by atoms with van der Waals surface area (Å²) in [5.74, 6) is 0.0604. The zero-order valence-corrected chi connectivity index (χ0v) is 13.2. The number of rotatable bonds is 6. The molecule has 0 bridgehead atoms. The van der Waals surface area contributed by atoms with Crippen LogP contribution in [0.2, 0.25) is 5.02 Å². The van der Waals surface area contributed by atoms with E-state index in [1.54, 1.807) is 12.1 Å². The fraction of sp³-hybridized carbons (Fsp3) is 0.278. The summed E-state index contributed by atoms with van der Waals surface area (Å²) >= 11 is 6.10. The molecule has 0 spiro atoms. The van der Waals surface area contributed by atoms with E-state index < -0.39 is 0 Å². The highest BCUT2D eigenvalue weighted by Gasteiger charge is 2.17. The van der Waals surface area contributed by atoms with Gasteiger partial charge in [0.2, 0.25) is 0 Å². The van der Waals surface area contributed by atoms with Crippen molar-refractivity contribution in [2.24, 2.45) is 0 Å². The predicted octanol–water partition coefficient (Wildman–Crippen LogP) is 4.43. The number of benzene rings is 2. The van der Waals surface area contributed by atoms with Gasteiger partial charge in [0.25, 0.3) is 0 Å². The highest BCUT2D eigenvalue weighted by Crippen LogP contribution is 2.17. The zero-order chi connectivity index (χ0) is 15.2. The number of halogens is 1. The molecule has 0 aliphatic rings. The van der Waals surface area contributed by atoms with Gasteiger partial charge >= 0.3 is 0 Å². The van der Waals surface area contributed by atoms with Gasteiger partial charge in [-0.1, -0.05) is 54.1 Å². The van der Waals surface area contributed by atoms with Crippen molar-refractivity contribution in [2.75, 3.05) is 6.54 Å². The first kappa shape index (κ1) is 15.7. The smallest absolute Gasteiger partial charge is 0.178 e. The predicted molar refractivity (Wildman–Crippen MR) is 87.8 cm³/mol. The lowest BCUT2D eigenvalue weighted by Gasteiger charge is -2.26. The van der Waals surface area contributed by atoms with Crippen molar-refractivity contribution in [2.45, 2.75) is 26.4 Å². The molecule has 0 saturated heterocycles. The molecule has 2 nitrogen and oxygen atoms in total. The highest BCUT2D eigenvalue weighted by atomic mass is 35.5. The molecular weight excluding hydrogens is 282 g/mol. The number of carbonyl (C=O) groups is 1. The van der Waals surface area contributed by atoms with E-state index in [0.717, 1.165) is 6.54 Å². The Balaban J connectivity index is 2.10. The summed E-state index contributed by atoms with van der Waals surface area (Å²) in [5, 5.41) is 0.519. The van der Waals surface area contributed by atoms with Gasteiger partial charge in [-0.15, -0.1) is 0 Å². The van der Waals surface area contributed by atoms with E-state index in [4.69, 9.17) is 11.6 Å². The van der Waals surface area contributed by atoms with Gasteiger partial charge in [0.1, 0.15) is 0 Å². The van der Waals surface area contributed by atoms with Gasteiger partial charge in [-0.05, 0) is 31.5 Å². The SMILES string of the molecule is CC(C)N(CC(=O)c1ccccc1Cl)Cc1ccccc1. The molecule has 3 heteroatoms. The minimum absolute atomic E-state index is 0.0604. The van der Waals surface area contributed by atoms with Crippen LogP contribution in [0.4, 0.5) is 0 Å². The lowest BCUT2D eigenvalue weighted by molar-refractivity contribution is 0.0898. The summed E-state index contributed by atoms with van der Waals surface area (Å²) in [7, 11) is 0. The Hall–Kier alpha value is -1.64. The molecule has 0 N–H and O–H groups in total. The number of nitrogens with zero attached hydrogens (tertiary/aromatic N) is 1. The van der Waals surface area contributed by atoms with E-state index >= 15 is 0 Å². The zero-order valence-electron chi connectivity index (χ0n) is 12.4. The Bertz CT molecular complexity index is 595. The van der Waals surface area contributed by atoms with E-state index in [9.17, 15) is 4.79 Å².